The Kier molecular flexibility index (Phi) is 4.02. The minimum absolute atomic E-state index is 0.0220. The molecule has 24 heavy (non-hydrogen) atoms. The minimum Gasteiger partial charge on any atom is -0.305 e. The van der Waals surface area contributed by atoms with Gasteiger partial charge in [-0.3, -0.25) is 25.0 Å². The molecule has 0 fully saturated rings. The van der Waals surface area contributed by atoms with Crippen LogP contribution in [0.4, 0.5) is 11.5 Å². The highest BCUT2D eigenvalue weighted by molar-refractivity contribution is 6.04. The van der Waals surface area contributed by atoms with Crippen LogP contribution in [0, 0.1) is 17.0 Å². The summed E-state index contributed by atoms with van der Waals surface area (Å²) in [6, 6.07) is 9.54. The van der Waals surface area contributed by atoms with Gasteiger partial charge in [-0.05, 0) is 31.2 Å². The summed E-state index contributed by atoms with van der Waals surface area (Å²) >= 11 is 0. The molecule has 2 aromatic heterocycles. The molecular weight excluding hydrogens is 310 g/mol. The van der Waals surface area contributed by atoms with Gasteiger partial charge in [0.2, 0.25) is 0 Å². The van der Waals surface area contributed by atoms with E-state index in [-0.39, 0.29) is 11.6 Å². The molecular formula is C16H13N5O3. The molecule has 120 valence electrons. The Labute approximate surface area is 136 Å². The van der Waals surface area contributed by atoms with Crippen LogP contribution >= 0.6 is 0 Å². The number of anilines is 1. The molecule has 0 atom stereocenters. The van der Waals surface area contributed by atoms with E-state index in [9.17, 15) is 14.9 Å². The normalized spacial score (nSPS) is 10.4. The highest BCUT2D eigenvalue weighted by atomic mass is 16.6. The summed E-state index contributed by atoms with van der Waals surface area (Å²) in [5, 5.41) is 20.3. The van der Waals surface area contributed by atoms with Gasteiger partial charge >= 0.3 is 0 Å². The maximum atomic E-state index is 12.2. The standard InChI is InChI=1S/C16H13N5O3/c1-10-8-12(2-3-14(10)21(23)24)16(22)18-15-9-13(19-20-15)11-4-6-17-7-5-11/h2-9H,1H3,(H2,18,19,20,22). The first-order valence-corrected chi connectivity index (χ1v) is 7.07. The molecule has 1 amide bonds. The summed E-state index contributed by atoms with van der Waals surface area (Å²) in [5.41, 5.74) is 2.36. The fraction of sp³-hybridized carbons (Fsp3) is 0.0625. The predicted octanol–water partition coefficient (Wildman–Crippen LogP) is 2.94. The van der Waals surface area contributed by atoms with Gasteiger partial charge in [0.15, 0.2) is 5.82 Å². The lowest BCUT2D eigenvalue weighted by Gasteiger charge is -2.03. The number of aromatic amines is 1. The van der Waals surface area contributed by atoms with E-state index in [0.29, 0.717) is 16.9 Å². The van der Waals surface area contributed by atoms with Gasteiger partial charge in [-0.2, -0.15) is 5.10 Å². The van der Waals surface area contributed by atoms with Gasteiger partial charge in [-0.25, -0.2) is 0 Å². The third-order valence-corrected chi connectivity index (χ3v) is 3.47. The number of rotatable bonds is 4. The largest absolute Gasteiger partial charge is 0.305 e. The Balaban J connectivity index is 1.77. The van der Waals surface area contributed by atoms with Gasteiger partial charge in [0.25, 0.3) is 11.6 Å². The SMILES string of the molecule is Cc1cc(C(=O)Nc2cc(-c3ccncc3)[nH]n2)ccc1[N+](=O)[O-]. The predicted molar refractivity (Wildman–Crippen MR) is 87.6 cm³/mol. The number of benzene rings is 1. The maximum Gasteiger partial charge on any atom is 0.272 e. The quantitative estimate of drug-likeness (QED) is 0.566. The lowest BCUT2D eigenvalue weighted by molar-refractivity contribution is -0.385. The van der Waals surface area contributed by atoms with E-state index in [0.717, 1.165) is 11.3 Å². The van der Waals surface area contributed by atoms with E-state index in [1.54, 1.807) is 25.4 Å². The summed E-state index contributed by atoms with van der Waals surface area (Å²) in [4.78, 5) is 26.5. The Morgan fingerprint density at radius 2 is 1.96 bits per heavy atom. The zero-order chi connectivity index (χ0) is 17.1. The van der Waals surface area contributed by atoms with E-state index in [2.05, 4.69) is 20.5 Å². The van der Waals surface area contributed by atoms with Crippen LogP contribution in [-0.4, -0.2) is 26.0 Å². The van der Waals surface area contributed by atoms with Gasteiger partial charge < -0.3 is 5.32 Å². The number of carbonyl (C=O) groups excluding carboxylic acids is 1. The number of amides is 1. The van der Waals surface area contributed by atoms with Crippen LogP contribution in [0.25, 0.3) is 11.3 Å². The van der Waals surface area contributed by atoms with Gasteiger partial charge in [0.05, 0.1) is 10.6 Å². The molecule has 0 unspecified atom stereocenters. The third kappa shape index (κ3) is 3.12. The molecule has 0 bridgehead atoms. The highest BCUT2D eigenvalue weighted by Crippen LogP contribution is 2.21. The van der Waals surface area contributed by atoms with Gasteiger partial charge in [0, 0.05) is 41.2 Å². The van der Waals surface area contributed by atoms with Crippen LogP contribution in [0.5, 0.6) is 0 Å². The van der Waals surface area contributed by atoms with Crippen molar-refractivity contribution < 1.29 is 9.72 Å². The van der Waals surface area contributed by atoms with Crippen molar-refractivity contribution >= 4 is 17.4 Å². The number of hydrogen-bond donors (Lipinski definition) is 2. The number of aromatic nitrogens is 3. The Morgan fingerprint density at radius 3 is 2.62 bits per heavy atom. The van der Waals surface area contributed by atoms with Crippen LogP contribution in [0.3, 0.4) is 0 Å². The molecule has 0 saturated heterocycles. The molecule has 0 aliphatic rings. The summed E-state index contributed by atoms with van der Waals surface area (Å²) in [7, 11) is 0. The van der Waals surface area contributed by atoms with Crippen molar-refractivity contribution in [2.45, 2.75) is 6.92 Å². The van der Waals surface area contributed by atoms with E-state index < -0.39 is 4.92 Å². The lowest BCUT2D eigenvalue weighted by atomic mass is 10.1. The Bertz CT molecular complexity index is 905. The van der Waals surface area contributed by atoms with E-state index >= 15 is 0 Å². The van der Waals surface area contributed by atoms with Crippen molar-refractivity contribution in [3.05, 3.63) is 70.0 Å². The molecule has 2 heterocycles. The monoisotopic (exact) mass is 323 g/mol. The molecule has 0 saturated carbocycles. The second-order valence-electron chi connectivity index (χ2n) is 5.12. The average Bonchev–Trinajstić information content (AvgIpc) is 3.03. The molecule has 3 aromatic rings. The second-order valence-corrected chi connectivity index (χ2v) is 5.12. The van der Waals surface area contributed by atoms with Crippen molar-refractivity contribution in [3.63, 3.8) is 0 Å². The molecule has 8 nitrogen and oxygen atoms in total. The molecule has 2 N–H and O–H groups in total. The Morgan fingerprint density at radius 1 is 1.21 bits per heavy atom. The van der Waals surface area contributed by atoms with Crippen LogP contribution in [0.15, 0.2) is 48.8 Å². The zero-order valence-electron chi connectivity index (χ0n) is 12.7. The molecule has 3 rings (SSSR count). The number of nitrogens with zero attached hydrogens (tertiary/aromatic N) is 3. The summed E-state index contributed by atoms with van der Waals surface area (Å²) in [5.74, 6) is -0.0244. The zero-order valence-corrected chi connectivity index (χ0v) is 12.7. The first-order valence-electron chi connectivity index (χ1n) is 7.07. The summed E-state index contributed by atoms with van der Waals surface area (Å²) in [6.45, 7) is 1.59. The van der Waals surface area contributed by atoms with Crippen LogP contribution in [-0.2, 0) is 0 Å². The van der Waals surface area contributed by atoms with Crippen LogP contribution in [0.1, 0.15) is 15.9 Å². The molecule has 0 aliphatic carbocycles. The number of hydrogen-bond acceptors (Lipinski definition) is 5. The molecule has 0 spiro atoms. The molecule has 0 aliphatic heterocycles. The first-order chi connectivity index (χ1) is 11.5. The Hall–Kier alpha value is -3.55. The lowest BCUT2D eigenvalue weighted by Crippen LogP contribution is -2.12. The van der Waals surface area contributed by atoms with Gasteiger partial charge in [-0.1, -0.05) is 0 Å². The van der Waals surface area contributed by atoms with Gasteiger partial charge in [0.1, 0.15) is 0 Å². The maximum absolute atomic E-state index is 12.2. The van der Waals surface area contributed by atoms with Gasteiger partial charge in [-0.15, -0.1) is 0 Å². The van der Waals surface area contributed by atoms with E-state index in [1.165, 1.54) is 18.2 Å². The molecule has 1 aromatic carbocycles. The number of H-pyrrole nitrogens is 1. The molecule has 8 heteroatoms. The van der Waals surface area contributed by atoms with Crippen LogP contribution < -0.4 is 5.32 Å². The van der Waals surface area contributed by atoms with E-state index in [4.69, 9.17) is 0 Å². The fourth-order valence-corrected chi connectivity index (χ4v) is 2.26. The number of nitro groups is 1. The third-order valence-electron chi connectivity index (χ3n) is 3.47. The van der Waals surface area contributed by atoms with E-state index in [1.807, 2.05) is 12.1 Å². The average molecular weight is 323 g/mol. The first kappa shape index (κ1) is 15.3. The minimum atomic E-state index is -0.480. The second kappa shape index (κ2) is 6.29. The smallest absolute Gasteiger partial charge is 0.272 e. The fourth-order valence-electron chi connectivity index (χ4n) is 2.26. The number of nitrogens with one attached hydrogen (secondary N) is 2. The number of aryl methyl sites for hydroxylation is 1. The highest BCUT2D eigenvalue weighted by Gasteiger charge is 2.15. The number of carbonyl (C=O) groups is 1. The van der Waals surface area contributed by atoms with Crippen molar-refractivity contribution in [3.8, 4) is 11.3 Å². The van der Waals surface area contributed by atoms with Crippen LogP contribution in [0.2, 0.25) is 0 Å². The number of nitro benzene ring substituents is 1. The topological polar surface area (TPSA) is 114 Å². The number of pyridine rings is 1. The van der Waals surface area contributed by atoms with Crippen molar-refractivity contribution in [2.24, 2.45) is 0 Å². The summed E-state index contributed by atoms with van der Waals surface area (Å²) < 4.78 is 0. The van der Waals surface area contributed by atoms with Crippen molar-refractivity contribution in [1.82, 2.24) is 15.2 Å². The molecule has 0 radical (unpaired) electrons. The van der Waals surface area contributed by atoms with Crippen molar-refractivity contribution in [1.29, 1.82) is 0 Å². The summed E-state index contributed by atoms with van der Waals surface area (Å²) in [6.07, 6.45) is 3.32. The van der Waals surface area contributed by atoms with Crippen molar-refractivity contribution in [2.75, 3.05) is 5.32 Å².